The number of ether oxygens (including phenoxy) is 1. The van der Waals surface area contributed by atoms with Crippen LogP contribution in [0.15, 0.2) is 54.6 Å². The Morgan fingerprint density at radius 2 is 1.81 bits per heavy atom. The summed E-state index contributed by atoms with van der Waals surface area (Å²) >= 11 is 0. The highest BCUT2D eigenvalue weighted by Gasteiger charge is 2.26. The van der Waals surface area contributed by atoms with Gasteiger partial charge in [0.05, 0.1) is 6.10 Å². The molecule has 26 heavy (non-hydrogen) atoms. The maximum Gasteiger partial charge on any atom is 0.259 e. The fourth-order valence-electron chi connectivity index (χ4n) is 3.00. The van der Waals surface area contributed by atoms with Crippen LogP contribution in [0.25, 0.3) is 0 Å². The fraction of sp³-hybridized carbons (Fsp3) is 0.333. The molecule has 2 aromatic rings. The molecule has 3 rings (SSSR count). The minimum Gasteiger partial charge on any atom is -0.491 e. The van der Waals surface area contributed by atoms with Crippen LogP contribution in [0.2, 0.25) is 0 Å². The quantitative estimate of drug-likeness (QED) is 0.796. The molecule has 5 nitrogen and oxygen atoms in total. The van der Waals surface area contributed by atoms with E-state index < -0.39 is 0 Å². The lowest BCUT2D eigenvalue weighted by molar-refractivity contribution is -0.127. The summed E-state index contributed by atoms with van der Waals surface area (Å²) in [6.45, 7) is 4.88. The molecule has 0 spiro atoms. The average molecular weight is 352 g/mol. The first-order valence-corrected chi connectivity index (χ1v) is 8.96. The molecule has 0 bridgehead atoms. The number of carbonyl (C=O) groups excluding carboxylic acids is 2. The molecule has 1 fully saturated rings. The zero-order chi connectivity index (χ0) is 18.5. The zero-order valence-corrected chi connectivity index (χ0v) is 15.2. The van der Waals surface area contributed by atoms with Gasteiger partial charge in [-0.1, -0.05) is 18.2 Å². The third kappa shape index (κ3) is 4.23. The van der Waals surface area contributed by atoms with Gasteiger partial charge in [-0.05, 0) is 56.7 Å². The van der Waals surface area contributed by atoms with Crippen LogP contribution >= 0.6 is 0 Å². The standard InChI is InChI=1S/C21H24N2O3/c1-16(2)26-19-12-10-17(11-13-19)21(25)23(18-7-4-3-5-8-18)15-22-14-6-9-20(22)24/h3-5,7-8,10-13,16H,6,9,14-15H2,1-2H3. The second-order valence-corrected chi connectivity index (χ2v) is 6.66. The second kappa shape index (κ2) is 8.04. The summed E-state index contributed by atoms with van der Waals surface area (Å²) in [4.78, 5) is 28.5. The third-order valence-corrected chi connectivity index (χ3v) is 4.27. The van der Waals surface area contributed by atoms with Crippen molar-refractivity contribution in [3.05, 3.63) is 60.2 Å². The van der Waals surface area contributed by atoms with E-state index in [9.17, 15) is 9.59 Å². The van der Waals surface area contributed by atoms with Crippen LogP contribution in [-0.2, 0) is 4.79 Å². The number of benzene rings is 2. The van der Waals surface area contributed by atoms with Crippen LogP contribution in [-0.4, -0.2) is 36.0 Å². The van der Waals surface area contributed by atoms with E-state index in [1.54, 1.807) is 34.1 Å². The maximum atomic E-state index is 13.1. The molecule has 0 aromatic heterocycles. The summed E-state index contributed by atoms with van der Waals surface area (Å²) in [5.41, 5.74) is 1.34. The van der Waals surface area contributed by atoms with Crippen molar-refractivity contribution < 1.29 is 14.3 Å². The summed E-state index contributed by atoms with van der Waals surface area (Å²) in [6, 6.07) is 16.6. The van der Waals surface area contributed by atoms with E-state index in [0.29, 0.717) is 18.5 Å². The number of likely N-dealkylation sites (tertiary alicyclic amines) is 1. The van der Waals surface area contributed by atoms with Gasteiger partial charge in [-0.3, -0.25) is 14.5 Å². The predicted molar refractivity (Wildman–Crippen MR) is 101 cm³/mol. The van der Waals surface area contributed by atoms with Crippen LogP contribution in [0.4, 0.5) is 5.69 Å². The first-order valence-electron chi connectivity index (χ1n) is 8.96. The number of hydrogen-bond donors (Lipinski definition) is 0. The lowest BCUT2D eigenvalue weighted by Gasteiger charge is -2.28. The molecule has 0 radical (unpaired) electrons. The Labute approximate surface area is 154 Å². The Kier molecular flexibility index (Phi) is 5.56. The lowest BCUT2D eigenvalue weighted by Crippen LogP contribution is -2.42. The molecule has 1 saturated heterocycles. The van der Waals surface area contributed by atoms with Crippen molar-refractivity contribution in [1.29, 1.82) is 0 Å². The van der Waals surface area contributed by atoms with Crippen molar-refractivity contribution in [2.24, 2.45) is 0 Å². The van der Waals surface area contributed by atoms with Crippen LogP contribution in [0.5, 0.6) is 5.75 Å². The molecule has 0 aliphatic carbocycles. The average Bonchev–Trinajstić information content (AvgIpc) is 3.05. The Morgan fingerprint density at radius 1 is 1.12 bits per heavy atom. The van der Waals surface area contributed by atoms with Gasteiger partial charge in [-0.15, -0.1) is 0 Å². The molecule has 0 atom stereocenters. The van der Waals surface area contributed by atoms with Crippen LogP contribution in [0, 0.1) is 0 Å². The van der Waals surface area contributed by atoms with Gasteiger partial charge in [0, 0.05) is 24.2 Å². The van der Waals surface area contributed by atoms with E-state index in [-0.39, 0.29) is 24.6 Å². The Bertz CT molecular complexity index is 757. The van der Waals surface area contributed by atoms with Gasteiger partial charge in [0.2, 0.25) is 5.91 Å². The monoisotopic (exact) mass is 352 g/mol. The minimum absolute atomic E-state index is 0.0820. The largest absolute Gasteiger partial charge is 0.491 e. The molecule has 136 valence electrons. The molecule has 1 heterocycles. The Hall–Kier alpha value is -2.82. The second-order valence-electron chi connectivity index (χ2n) is 6.66. The fourth-order valence-corrected chi connectivity index (χ4v) is 3.00. The highest BCUT2D eigenvalue weighted by atomic mass is 16.5. The van der Waals surface area contributed by atoms with E-state index in [1.165, 1.54) is 0 Å². The molecule has 0 unspecified atom stereocenters. The molecule has 1 aliphatic heterocycles. The number of nitrogens with zero attached hydrogens (tertiary/aromatic N) is 2. The van der Waals surface area contributed by atoms with Crippen molar-refractivity contribution in [3.63, 3.8) is 0 Å². The summed E-state index contributed by atoms with van der Waals surface area (Å²) in [6.07, 6.45) is 1.48. The highest BCUT2D eigenvalue weighted by Crippen LogP contribution is 2.21. The first kappa shape index (κ1) is 18.0. The van der Waals surface area contributed by atoms with Gasteiger partial charge in [0.1, 0.15) is 12.4 Å². The van der Waals surface area contributed by atoms with Gasteiger partial charge >= 0.3 is 0 Å². The third-order valence-electron chi connectivity index (χ3n) is 4.27. The van der Waals surface area contributed by atoms with Gasteiger partial charge < -0.3 is 9.64 Å². The molecule has 0 saturated carbocycles. The number of rotatable bonds is 6. The summed E-state index contributed by atoms with van der Waals surface area (Å²) in [7, 11) is 0. The predicted octanol–water partition coefficient (Wildman–Crippen LogP) is 3.70. The number of anilines is 1. The lowest BCUT2D eigenvalue weighted by atomic mass is 10.1. The smallest absolute Gasteiger partial charge is 0.259 e. The van der Waals surface area contributed by atoms with Crippen molar-refractivity contribution in [2.45, 2.75) is 32.8 Å². The van der Waals surface area contributed by atoms with Crippen molar-refractivity contribution in [1.82, 2.24) is 4.90 Å². The molecular formula is C21H24N2O3. The van der Waals surface area contributed by atoms with E-state index in [4.69, 9.17) is 4.74 Å². The van der Waals surface area contributed by atoms with Gasteiger partial charge in [0.25, 0.3) is 5.91 Å². The minimum atomic E-state index is -0.132. The number of carbonyl (C=O) groups is 2. The van der Waals surface area contributed by atoms with Gasteiger partial charge in [-0.25, -0.2) is 0 Å². The molecule has 5 heteroatoms. The Balaban J connectivity index is 1.83. The van der Waals surface area contributed by atoms with E-state index >= 15 is 0 Å². The van der Waals surface area contributed by atoms with Crippen LogP contribution < -0.4 is 9.64 Å². The van der Waals surface area contributed by atoms with Crippen LogP contribution in [0.3, 0.4) is 0 Å². The van der Waals surface area contributed by atoms with Crippen LogP contribution in [0.1, 0.15) is 37.0 Å². The summed E-state index contributed by atoms with van der Waals surface area (Å²) in [5, 5.41) is 0. The SMILES string of the molecule is CC(C)Oc1ccc(C(=O)N(CN2CCCC2=O)c2ccccc2)cc1. The molecule has 0 N–H and O–H groups in total. The highest BCUT2D eigenvalue weighted by molar-refractivity contribution is 6.06. The van der Waals surface area contributed by atoms with Crippen molar-refractivity contribution in [2.75, 3.05) is 18.1 Å². The summed E-state index contributed by atoms with van der Waals surface area (Å²) < 4.78 is 5.64. The van der Waals surface area contributed by atoms with E-state index in [2.05, 4.69) is 0 Å². The van der Waals surface area contributed by atoms with Gasteiger partial charge in [0.15, 0.2) is 0 Å². The maximum absolute atomic E-state index is 13.1. The van der Waals surface area contributed by atoms with E-state index in [1.807, 2.05) is 44.2 Å². The van der Waals surface area contributed by atoms with E-state index in [0.717, 1.165) is 17.9 Å². The number of amides is 2. The number of para-hydroxylation sites is 1. The zero-order valence-electron chi connectivity index (χ0n) is 15.2. The molecule has 1 aliphatic rings. The van der Waals surface area contributed by atoms with Crippen molar-refractivity contribution in [3.8, 4) is 5.75 Å². The van der Waals surface area contributed by atoms with Gasteiger partial charge in [-0.2, -0.15) is 0 Å². The molecule has 2 aromatic carbocycles. The normalized spacial score (nSPS) is 14.0. The first-order chi connectivity index (χ1) is 12.5. The number of hydrogen-bond acceptors (Lipinski definition) is 3. The summed E-state index contributed by atoms with van der Waals surface area (Å²) in [5.74, 6) is 0.698. The Morgan fingerprint density at radius 3 is 2.38 bits per heavy atom. The molecule has 2 amide bonds. The topological polar surface area (TPSA) is 49.9 Å². The van der Waals surface area contributed by atoms with Crippen molar-refractivity contribution >= 4 is 17.5 Å². The molecular weight excluding hydrogens is 328 g/mol.